The Morgan fingerprint density at radius 1 is 1.07 bits per heavy atom. The quantitative estimate of drug-likeness (QED) is 0.219. The fraction of sp³-hybridized carbons (Fsp3) is 0.267. The third-order valence-electron chi connectivity index (χ3n) is 7.20. The summed E-state index contributed by atoms with van der Waals surface area (Å²) in [6.45, 7) is 2.50. The van der Waals surface area contributed by atoms with Crippen LogP contribution < -0.4 is 15.4 Å². The molecule has 1 fully saturated rings. The maximum absolute atomic E-state index is 13.1. The second-order valence-corrected chi connectivity index (χ2v) is 10.1. The van der Waals surface area contributed by atoms with Crippen LogP contribution in [0.2, 0.25) is 0 Å². The van der Waals surface area contributed by atoms with Crippen molar-refractivity contribution in [3.63, 3.8) is 0 Å². The van der Waals surface area contributed by atoms with Gasteiger partial charge < -0.3 is 20.1 Å². The van der Waals surface area contributed by atoms with Crippen LogP contribution in [0.4, 0.5) is 30.4 Å². The van der Waals surface area contributed by atoms with Crippen molar-refractivity contribution in [2.75, 3.05) is 24.4 Å². The minimum atomic E-state index is -4.60. The number of hydrogen-bond acceptors (Lipinski definition) is 9. The van der Waals surface area contributed by atoms with Gasteiger partial charge in [0.15, 0.2) is 5.65 Å². The Bertz CT molecular complexity index is 1840. The van der Waals surface area contributed by atoms with Gasteiger partial charge in [0, 0.05) is 35.9 Å². The molecule has 1 atom stereocenters. The number of aromatic nitrogens is 6. The maximum Gasteiger partial charge on any atom is 0.416 e. The van der Waals surface area contributed by atoms with E-state index in [0.717, 1.165) is 37.1 Å². The molecule has 44 heavy (non-hydrogen) atoms. The highest BCUT2D eigenvalue weighted by atomic mass is 19.4. The van der Waals surface area contributed by atoms with Gasteiger partial charge in [0.05, 0.1) is 12.7 Å². The molecule has 1 saturated heterocycles. The smallest absolute Gasteiger partial charge is 0.416 e. The molecule has 1 aliphatic rings. The van der Waals surface area contributed by atoms with Crippen molar-refractivity contribution < 1.29 is 27.4 Å². The number of fused-ring (bicyclic) bond motifs is 1. The van der Waals surface area contributed by atoms with E-state index in [1.54, 1.807) is 37.6 Å². The molecule has 5 heterocycles. The van der Waals surface area contributed by atoms with Gasteiger partial charge in [-0.3, -0.25) is 14.3 Å². The molecule has 0 spiro atoms. The third kappa shape index (κ3) is 5.75. The van der Waals surface area contributed by atoms with Gasteiger partial charge >= 0.3 is 12.2 Å². The predicted molar refractivity (Wildman–Crippen MR) is 156 cm³/mol. The number of halogens is 3. The Labute approximate surface area is 249 Å². The van der Waals surface area contributed by atoms with Crippen LogP contribution in [-0.4, -0.2) is 49.1 Å². The average molecular weight is 605 g/mol. The lowest BCUT2D eigenvalue weighted by Crippen LogP contribution is -2.19. The number of nitrogens with one attached hydrogen (secondary N) is 2. The standard InChI is InChI=1S/C30H27F3N8O3/c1-17-8-9-19(38-28(42)22-14-18(10-12-34-22)30(31,32)33)15-21(17)39-26-20(6-5-11-35-26)24-25-27(37-16-36-24)41(29(40-25)43-2)23-7-3-4-13-44-23/h5-6,8-12,14-16,23H,3-4,7,13H2,1-2H3,(H,35,39)(H,38,42). The molecular formula is C30H27F3N8O3. The molecule has 5 aromatic rings. The minimum absolute atomic E-state index is 0.260. The monoisotopic (exact) mass is 604 g/mol. The molecular weight excluding hydrogens is 577 g/mol. The summed E-state index contributed by atoms with van der Waals surface area (Å²) in [6.07, 6.45) is 1.98. The van der Waals surface area contributed by atoms with Gasteiger partial charge in [0.25, 0.3) is 5.91 Å². The molecule has 1 unspecified atom stereocenters. The molecule has 0 aliphatic carbocycles. The first-order valence-corrected chi connectivity index (χ1v) is 13.8. The Kier molecular flexibility index (Phi) is 7.82. The third-order valence-corrected chi connectivity index (χ3v) is 7.20. The lowest BCUT2D eigenvalue weighted by molar-refractivity contribution is -0.137. The van der Waals surface area contributed by atoms with Crippen molar-refractivity contribution in [3.8, 4) is 17.3 Å². The van der Waals surface area contributed by atoms with Crippen molar-refractivity contribution in [2.24, 2.45) is 0 Å². The predicted octanol–water partition coefficient (Wildman–Crippen LogP) is 6.31. The molecule has 14 heteroatoms. The molecule has 0 saturated carbocycles. The summed E-state index contributed by atoms with van der Waals surface area (Å²) in [7, 11) is 1.54. The van der Waals surface area contributed by atoms with Crippen molar-refractivity contribution >= 4 is 34.3 Å². The van der Waals surface area contributed by atoms with Crippen molar-refractivity contribution in [2.45, 2.75) is 38.6 Å². The Morgan fingerprint density at radius 3 is 2.70 bits per heavy atom. The minimum Gasteiger partial charge on any atom is -0.468 e. The number of anilines is 3. The first-order chi connectivity index (χ1) is 21.2. The molecule has 11 nitrogen and oxygen atoms in total. The number of alkyl halides is 3. The van der Waals surface area contributed by atoms with Crippen LogP contribution in [0.15, 0.2) is 61.2 Å². The lowest BCUT2D eigenvalue weighted by Gasteiger charge is -2.24. The van der Waals surface area contributed by atoms with Gasteiger partial charge in [-0.2, -0.15) is 18.2 Å². The van der Waals surface area contributed by atoms with Crippen LogP contribution >= 0.6 is 0 Å². The van der Waals surface area contributed by atoms with Gasteiger partial charge in [-0.1, -0.05) is 6.07 Å². The Morgan fingerprint density at radius 2 is 1.93 bits per heavy atom. The molecule has 1 amide bonds. The van der Waals surface area contributed by atoms with Gasteiger partial charge in [-0.15, -0.1) is 0 Å². The summed E-state index contributed by atoms with van der Waals surface area (Å²) in [5.41, 5.74) is 2.70. The topological polar surface area (TPSA) is 129 Å². The molecule has 1 aromatic carbocycles. The highest BCUT2D eigenvalue weighted by molar-refractivity contribution is 6.03. The summed E-state index contributed by atoms with van der Waals surface area (Å²) in [5.74, 6) is -0.319. The Hall–Kier alpha value is -5.11. The summed E-state index contributed by atoms with van der Waals surface area (Å²) in [6, 6.07) is 10.6. The molecule has 2 N–H and O–H groups in total. The van der Waals surface area contributed by atoms with Crippen LogP contribution in [0.1, 0.15) is 47.1 Å². The summed E-state index contributed by atoms with van der Waals surface area (Å²) < 4.78 is 52.8. The second kappa shape index (κ2) is 11.9. The SMILES string of the molecule is COc1nc2c(-c3cccnc3Nc3cc(NC(=O)c4cc(C(F)(F)F)ccn4)ccc3C)ncnc2n1C1CCCCO1. The highest BCUT2D eigenvalue weighted by Crippen LogP contribution is 2.37. The van der Waals surface area contributed by atoms with E-state index in [1.807, 2.05) is 17.6 Å². The molecule has 4 aromatic heterocycles. The summed E-state index contributed by atoms with van der Waals surface area (Å²) in [5, 5.41) is 5.93. The highest BCUT2D eigenvalue weighted by Gasteiger charge is 2.31. The maximum atomic E-state index is 13.1. The molecule has 226 valence electrons. The van der Waals surface area contributed by atoms with Crippen LogP contribution in [0.3, 0.4) is 0 Å². The zero-order chi connectivity index (χ0) is 30.8. The van der Waals surface area contributed by atoms with Crippen molar-refractivity contribution in [3.05, 3.63) is 78.0 Å². The molecule has 0 bridgehead atoms. The van der Waals surface area contributed by atoms with Gasteiger partial charge in [-0.05, 0) is 68.1 Å². The number of carbonyl (C=O) groups excluding carboxylic acids is 1. The summed E-state index contributed by atoms with van der Waals surface area (Å²) in [4.78, 5) is 34.9. The van der Waals surface area contributed by atoms with E-state index >= 15 is 0 Å². The van der Waals surface area contributed by atoms with Gasteiger partial charge in [0.1, 0.15) is 35.3 Å². The fourth-order valence-electron chi connectivity index (χ4n) is 5.00. The number of benzene rings is 1. The number of carbonyl (C=O) groups is 1. The normalized spacial score (nSPS) is 15.2. The molecule has 6 rings (SSSR count). The number of amides is 1. The van der Waals surface area contributed by atoms with E-state index in [0.29, 0.717) is 58.3 Å². The van der Waals surface area contributed by atoms with Gasteiger partial charge in [0.2, 0.25) is 0 Å². The fourth-order valence-corrected chi connectivity index (χ4v) is 5.00. The number of imidazole rings is 1. The van der Waals surface area contributed by atoms with Crippen LogP contribution in [0, 0.1) is 6.92 Å². The zero-order valence-electron chi connectivity index (χ0n) is 23.7. The number of nitrogens with zero attached hydrogens (tertiary/aromatic N) is 6. The van der Waals surface area contributed by atoms with E-state index in [4.69, 9.17) is 14.5 Å². The lowest BCUT2D eigenvalue weighted by atomic mass is 10.1. The number of aryl methyl sites for hydroxylation is 1. The first-order valence-electron chi connectivity index (χ1n) is 13.8. The largest absolute Gasteiger partial charge is 0.468 e. The van der Waals surface area contributed by atoms with E-state index in [2.05, 4.69) is 30.6 Å². The number of ether oxygens (including phenoxy) is 2. The van der Waals surface area contributed by atoms with Gasteiger partial charge in [-0.25, -0.2) is 15.0 Å². The number of rotatable bonds is 7. The molecule has 0 radical (unpaired) electrons. The number of pyridine rings is 2. The number of methoxy groups -OCH3 is 1. The average Bonchev–Trinajstić information content (AvgIpc) is 3.42. The first kappa shape index (κ1) is 29.0. The van der Waals surface area contributed by atoms with Crippen LogP contribution in [0.25, 0.3) is 22.4 Å². The van der Waals surface area contributed by atoms with E-state index in [-0.39, 0.29) is 11.9 Å². The summed E-state index contributed by atoms with van der Waals surface area (Å²) >= 11 is 0. The number of hydrogen-bond donors (Lipinski definition) is 2. The zero-order valence-corrected chi connectivity index (χ0v) is 23.7. The van der Waals surface area contributed by atoms with Crippen LogP contribution in [-0.2, 0) is 10.9 Å². The second-order valence-electron chi connectivity index (χ2n) is 10.1. The van der Waals surface area contributed by atoms with Crippen LogP contribution in [0.5, 0.6) is 6.01 Å². The Balaban J connectivity index is 1.31. The van der Waals surface area contributed by atoms with E-state index in [1.165, 1.54) is 6.33 Å². The van der Waals surface area contributed by atoms with E-state index in [9.17, 15) is 18.0 Å². The van der Waals surface area contributed by atoms with Crippen molar-refractivity contribution in [1.29, 1.82) is 0 Å². The molecule has 1 aliphatic heterocycles. The van der Waals surface area contributed by atoms with E-state index < -0.39 is 17.6 Å². The van der Waals surface area contributed by atoms with Crippen molar-refractivity contribution in [1.82, 2.24) is 29.5 Å².